The number of nitro groups is 1. The monoisotopic (exact) mass is 308 g/mol. The predicted octanol–water partition coefficient (Wildman–Crippen LogP) is 2.99. The number of hydrogen-bond acceptors (Lipinski definition) is 4. The zero-order valence-electron chi connectivity index (χ0n) is 11.8. The molecule has 6 nitrogen and oxygen atoms in total. The highest BCUT2D eigenvalue weighted by Gasteiger charge is 2.10. The quantitative estimate of drug-likeness (QED) is 0.485. The summed E-state index contributed by atoms with van der Waals surface area (Å²) >= 11 is 6.08. The van der Waals surface area contributed by atoms with Gasteiger partial charge >= 0.3 is 0 Å². The van der Waals surface area contributed by atoms with Crippen LogP contribution < -0.4 is 5.32 Å². The third-order valence-corrected chi connectivity index (χ3v) is 3.37. The average molecular weight is 309 g/mol. The summed E-state index contributed by atoms with van der Waals surface area (Å²) in [4.78, 5) is 14.5. The van der Waals surface area contributed by atoms with E-state index in [1.165, 1.54) is 12.1 Å². The molecule has 0 radical (unpaired) electrons. The molecular weight excluding hydrogens is 292 g/mol. The fourth-order valence-corrected chi connectivity index (χ4v) is 2.19. The summed E-state index contributed by atoms with van der Waals surface area (Å²) in [5.41, 5.74) is 1.79. The van der Waals surface area contributed by atoms with E-state index >= 15 is 0 Å². The normalized spacial score (nSPS) is 10.8. The first kappa shape index (κ1) is 15.5. The second-order valence-corrected chi connectivity index (χ2v) is 5.15. The van der Waals surface area contributed by atoms with Crippen LogP contribution in [-0.2, 0) is 13.1 Å². The highest BCUT2D eigenvalue weighted by atomic mass is 35.5. The maximum Gasteiger partial charge on any atom is 0.270 e. The standard InChI is InChI=1S/C14H17ClN4O2/c1-2-5-16-7-12-9-18(10-17-12)8-11-3-4-13(19(20)21)6-14(11)15/h3-4,6,9-10,16H,2,5,7-8H2,1H3. The van der Waals surface area contributed by atoms with Gasteiger partial charge in [0.1, 0.15) is 0 Å². The first-order chi connectivity index (χ1) is 10.1. The Hall–Kier alpha value is -1.92. The molecular formula is C14H17ClN4O2. The van der Waals surface area contributed by atoms with E-state index in [-0.39, 0.29) is 5.69 Å². The van der Waals surface area contributed by atoms with Crippen molar-refractivity contribution in [2.75, 3.05) is 6.54 Å². The Labute approximate surface area is 127 Å². The Bertz CT molecular complexity index is 627. The molecule has 21 heavy (non-hydrogen) atoms. The molecule has 0 aliphatic rings. The second-order valence-electron chi connectivity index (χ2n) is 4.75. The molecule has 1 N–H and O–H groups in total. The minimum Gasteiger partial charge on any atom is -0.333 e. The number of halogens is 1. The number of imidazole rings is 1. The van der Waals surface area contributed by atoms with Crippen LogP contribution in [0.5, 0.6) is 0 Å². The number of rotatable bonds is 7. The summed E-state index contributed by atoms with van der Waals surface area (Å²) in [6.07, 6.45) is 4.76. The van der Waals surface area contributed by atoms with Crippen molar-refractivity contribution >= 4 is 17.3 Å². The van der Waals surface area contributed by atoms with E-state index < -0.39 is 4.92 Å². The van der Waals surface area contributed by atoms with Gasteiger partial charge in [0.15, 0.2) is 0 Å². The van der Waals surface area contributed by atoms with Crippen LogP contribution in [0.15, 0.2) is 30.7 Å². The predicted molar refractivity (Wildman–Crippen MR) is 81.4 cm³/mol. The third kappa shape index (κ3) is 4.27. The molecule has 0 atom stereocenters. The molecule has 1 aromatic carbocycles. The van der Waals surface area contributed by atoms with Gasteiger partial charge in [-0.1, -0.05) is 18.5 Å². The lowest BCUT2D eigenvalue weighted by Gasteiger charge is -2.05. The molecule has 7 heteroatoms. The summed E-state index contributed by atoms with van der Waals surface area (Å²) in [5, 5.41) is 14.4. The fraction of sp³-hybridized carbons (Fsp3) is 0.357. The molecule has 0 aliphatic carbocycles. The van der Waals surface area contributed by atoms with Gasteiger partial charge in [-0.25, -0.2) is 4.98 Å². The molecule has 0 unspecified atom stereocenters. The summed E-state index contributed by atoms with van der Waals surface area (Å²) in [7, 11) is 0. The van der Waals surface area contributed by atoms with Crippen molar-refractivity contribution < 1.29 is 4.92 Å². The van der Waals surface area contributed by atoms with Gasteiger partial charge in [-0.05, 0) is 24.6 Å². The lowest BCUT2D eigenvalue weighted by atomic mass is 10.2. The van der Waals surface area contributed by atoms with Gasteiger partial charge < -0.3 is 9.88 Å². The largest absolute Gasteiger partial charge is 0.333 e. The van der Waals surface area contributed by atoms with Crippen LogP contribution in [0.4, 0.5) is 5.69 Å². The minimum atomic E-state index is -0.454. The number of aromatic nitrogens is 2. The molecule has 0 fully saturated rings. The lowest BCUT2D eigenvalue weighted by molar-refractivity contribution is -0.384. The molecule has 0 saturated carbocycles. The Morgan fingerprint density at radius 2 is 2.29 bits per heavy atom. The Morgan fingerprint density at radius 3 is 2.95 bits per heavy atom. The van der Waals surface area contributed by atoms with Crippen LogP contribution in [0.3, 0.4) is 0 Å². The number of benzene rings is 1. The molecule has 0 aliphatic heterocycles. The van der Waals surface area contributed by atoms with Crippen molar-refractivity contribution in [2.24, 2.45) is 0 Å². The average Bonchev–Trinajstić information content (AvgIpc) is 2.89. The van der Waals surface area contributed by atoms with Crippen LogP contribution in [0.2, 0.25) is 5.02 Å². The molecule has 0 bridgehead atoms. The van der Waals surface area contributed by atoms with E-state index in [2.05, 4.69) is 17.2 Å². The van der Waals surface area contributed by atoms with Crippen LogP contribution >= 0.6 is 11.6 Å². The highest BCUT2D eigenvalue weighted by molar-refractivity contribution is 6.31. The minimum absolute atomic E-state index is 0.00108. The number of nitrogens with zero attached hydrogens (tertiary/aromatic N) is 3. The topological polar surface area (TPSA) is 73.0 Å². The SMILES string of the molecule is CCCNCc1cn(Cc2ccc([N+](=O)[O-])cc2Cl)cn1. The smallest absolute Gasteiger partial charge is 0.270 e. The van der Waals surface area contributed by atoms with Gasteiger partial charge in [-0.2, -0.15) is 0 Å². The molecule has 0 amide bonds. The van der Waals surface area contributed by atoms with Crippen LogP contribution in [0.1, 0.15) is 24.6 Å². The van der Waals surface area contributed by atoms with Gasteiger partial charge in [0.25, 0.3) is 5.69 Å². The van der Waals surface area contributed by atoms with Crippen LogP contribution in [0.25, 0.3) is 0 Å². The molecule has 2 rings (SSSR count). The van der Waals surface area contributed by atoms with Crippen LogP contribution in [-0.4, -0.2) is 21.0 Å². The first-order valence-electron chi connectivity index (χ1n) is 6.74. The third-order valence-electron chi connectivity index (χ3n) is 3.02. The number of hydrogen-bond donors (Lipinski definition) is 1. The molecule has 112 valence electrons. The Balaban J connectivity index is 2.03. The van der Waals surface area contributed by atoms with E-state index in [4.69, 9.17) is 11.6 Å². The van der Waals surface area contributed by atoms with E-state index in [0.717, 1.165) is 30.8 Å². The van der Waals surface area contributed by atoms with Crippen molar-refractivity contribution in [2.45, 2.75) is 26.4 Å². The van der Waals surface area contributed by atoms with Crippen molar-refractivity contribution in [3.05, 3.63) is 57.1 Å². The molecule has 2 aromatic rings. The van der Waals surface area contributed by atoms with Crippen molar-refractivity contribution in [1.82, 2.24) is 14.9 Å². The Kier molecular flexibility index (Phi) is 5.30. The van der Waals surface area contributed by atoms with E-state index in [0.29, 0.717) is 11.6 Å². The molecule has 1 aromatic heterocycles. The van der Waals surface area contributed by atoms with Crippen molar-refractivity contribution in [3.63, 3.8) is 0 Å². The van der Waals surface area contributed by atoms with Gasteiger partial charge in [0.05, 0.1) is 22.0 Å². The van der Waals surface area contributed by atoms with Crippen molar-refractivity contribution in [1.29, 1.82) is 0 Å². The maximum absolute atomic E-state index is 10.7. The summed E-state index contributed by atoms with van der Waals surface area (Å²) < 4.78 is 1.91. The van der Waals surface area contributed by atoms with Crippen molar-refractivity contribution in [3.8, 4) is 0 Å². The molecule has 1 heterocycles. The number of nitro benzene ring substituents is 1. The summed E-state index contributed by atoms with van der Waals surface area (Å²) in [5.74, 6) is 0. The Morgan fingerprint density at radius 1 is 1.48 bits per heavy atom. The van der Waals surface area contributed by atoms with Gasteiger partial charge in [-0.15, -0.1) is 0 Å². The highest BCUT2D eigenvalue weighted by Crippen LogP contribution is 2.23. The fourth-order valence-electron chi connectivity index (χ4n) is 1.95. The van der Waals surface area contributed by atoms with Gasteiger partial charge in [-0.3, -0.25) is 10.1 Å². The summed E-state index contributed by atoms with van der Waals surface area (Å²) in [6.45, 7) is 4.34. The number of non-ortho nitro benzene ring substituents is 1. The number of nitrogens with one attached hydrogen (secondary N) is 1. The van der Waals surface area contributed by atoms with Gasteiger partial charge in [0.2, 0.25) is 0 Å². The second kappa shape index (κ2) is 7.19. The van der Waals surface area contributed by atoms with E-state index in [1.807, 2.05) is 10.8 Å². The lowest BCUT2D eigenvalue weighted by Crippen LogP contribution is -2.13. The van der Waals surface area contributed by atoms with Gasteiger partial charge in [0, 0.05) is 31.4 Å². The zero-order valence-corrected chi connectivity index (χ0v) is 12.5. The summed E-state index contributed by atoms with van der Waals surface area (Å²) in [6, 6.07) is 4.51. The molecule has 0 spiro atoms. The first-order valence-corrected chi connectivity index (χ1v) is 7.12. The molecule has 0 saturated heterocycles. The van der Waals surface area contributed by atoms with Crippen LogP contribution in [0, 0.1) is 10.1 Å². The zero-order chi connectivity index (χ0) is 15.2. The van der Waals surface area contributed by atoms with E-state index in [1.54, 1.807) is 12.4 Å². The maximum atomic E-state index is 10.7. The van der Waals surface area contributed by atoms with E-state index in [9.17, 15) is 10.1 Å².